The SMILES string of the molecule is N[C@H]1C[C@@H]1NS(=O)(=O)c1ccc([N+](=O)[O-])cc1. The van der Waals surface area contributed by atoms with Gasteiger partial charge in [0.25, 0.3) is 5.69 Å². The fraction of sp³-hybridized carbons (Fsp3) is 0.333. The minimum absolute atomic E-state index is 0.00204. The zero-order valence-corrected chi connectivity index (χ0v) is 9.55. The Morgan fingerprint density at radius 3 is 2.29 bits per heavy atom. The molecule has 1 aromatic rings. The third-order valence-corrected chi connectivity index (χ3v) is 4.01. The van der Waals surface area contributed by atoms with Crippen molar-refractivity contribution in [1.82, 2.24) is 4.72 Å². The summed E-state index contributed by atoms with van der Waals surface area (Å²) >= 11 is 0. The maximum atomic E-state index is 11.8. The van der Waals surface area contributed by atoms with Gasteiger partial charge in [0, 0.05) is 24.2 Å². The van der Waals surface area contributed by atoms with E-state index in [9.17, 15) is 18.5 Å². The van der Waals surface area contributed by atoms with E-state index in [0.717, 1.165) is 12.1 Å². The number of nitrogens with two attached hydrogens (primary N) is 1. The van der Waals surface area contributed by atoms with Gasteiger partial charge in [-0.2, -0.15) is 0 Å². The van der Waals surface area contributed by atoms with E-state index >= 15 is 0 Å². The second kappa shape index (κ2) is 4.06. The Morgan fingerprint density at radius 2 is 1.88 bits per heavy atom. The molecule has 2 rings (SSSR count). The predicted molar refractivity (Wildman–Crippen MR) is 59.8 cm³/mol. The molecule has 3 N–H and O–H groups in total. The second-order valence-electron chi connectivity index (χ2n) is 3.88. The highest BCUT2D eigenvalue weighted by molar-refractivity contribution is 7.89. The summed E-state index contributed by atoms with van der Waals surface area (Å²) < 4.78 is 26.0. The largest absolute Gasteiger partial charge is 0.326 e. The lowest BCUT2D eigenvalue weighted by atomic mass is 10.3. The van der Waals surface area contributed by atoms with Crippen molar-refractivity contribution in [2.75, 3.05) is 0 Å². The number of sulfonamides is 1. The standard InChI is InChI=1S/C9H11N3O4S/c10-8-5-9(8)11-17(15,16)7-3-1-6(2-4-7)12(13)14/h1-4,8-9,11H,5,10H2/t8-,9-/m0/s1. The third-order valence-electron chi connectivity index (χ3n) is 2.50. The van der Waals surface area contributed by atoms with E-state index in [1.54, 1.807) is 0 Å². The quantitative estimate of drug-likeness (QED) is 0.580. The monoisotopic (exact) mass is 257 g/mol. The summed E-state index contributed by atoms with van der Waals surface area (Å²) in [5, 5.41) is 10.4. The second-order valence-corrected chi connectivity index (χ2v) is 5.59. The molecular formula is C9H11N3O4S. The van der Waals surface area contributed by atoms with Crippen molar-refractivity contribution in [3.05, 3.63) is 34.4 Å². The Hall–Kier alpha value is -1.51. The zero-order chi connectivity index (χ0) is 12.6. The smallest absolute Gasteiger partial charge is 0.269 e. The molecule has 7 nitrogen and oxygen atoms in total. The van der Waals surface area contributed by atoms with Crippen molar-refractivity contribution in [1.29, 1.82) is 0 Å². The molecule has 1 aromatic carbocycles. The Balaban J connectivity index is 2.18. The molecule has 17 heavy (non-hydrogen) atoms. The van der Waals surface area contributed by atoms with Gasteiger partial charge in [-0.05, 0) is 18.6 Å². The van der Waals surface area contributed by atoms with E-state index in [1.165, 1.54) is 12.1 Å². The molecule has 2 atom stereocenters. The molecular weight excluding hydrogens is 246 g/mol. The zero-order valence-electron chi connectivity index (χ0n) is 8.74. The Morgan fingerprint density at radius 1 is 1.35 bits per heavy atom. The first kappa shape index (κ1) is 12.0. The van der Waals surface area contributed by atoms with Gasteiger partial charge in [-0.15, -0.1) is 0 Å². The van der Waals surface area contributed by atoms with Gasteiger partial charge in [-0.25, -0.2) is 13.1 Å². The predicted octanol–water partition coefficient (Wildman–Crippen LogP) is -0.0273. The van der Waals surface area contributed by atoms with Crippen LogP contribution in [0.3, 0.4) is 0 Å². The van der Waals surface area contributed by atoms with Crippen LogP contribution >= 0.6 is 0 Å². The highest BCUT2D eigenvalue weighted by Crippen LogP contribution is 2.22. The molecule has 0 amide bonds. The maximum absolute atomic E-state index is 11.8. The number of nitro benzene ring substituents is 1. The van der Waals surface area contributed by atoms with Crippen LogP contribution in [-0.2, 0) is 10.0 Å². The van der Waals surface area contributed by atoms with Crippen LogP contribution in [0, 0.1) is 10.1 Å². The van der Waals surface area contributed by atoms with E-state index < -0.39 is 14.9 Å². The molecule has 0 aromatic heterocycles. The van der Waals surface area contributed by atoms with E-state index in [4.69, 9.17) is 5.73 Å². The number of rotatable bonds is 4. The fourth-order valence-corrected chi connectivity index (χ4v) is 2.66. The van der Waals surface area contributed by atoms with Gasteiger partial charge < -0.3 is 5.73 Å². The van der Waals surface area contributed by atoms with Crippen molar-refractivity contribution in [3.8, 4) is 0 Å². The number of non-ortho nitro benzene ring substituents is 1. The van der Waals surface area contributed by atoms with Gasteiger partial charge in [0.2, 0.25) is 10.0 Å². The van der Waals surface area contributed by atoms with Gasteiger partial charge in [0.15, 0.2) is 0 Å². The molecule has 1 aliphatic carbocycles. The lowest BCUT2D eigenvalue weighted by Crippen LogP contribution is -2.29. The van der Waals surface area contributed by atoms with E-state index in [2.05, 4.69) is 4.72 Å². The van der Waals surface area contributed by atoms with Crippen molar-refractivity contribution >= 4 is 15.7 Å². The van der Waals surface area contributed by atoms with Crippen LogP contribution < -0.4 is 10.5 Å². The van der Waals surface area contributed by atoms with E-state index in [0.29, 0.717) is 6.42 Å². The van der Waals surface area contributed by atoms with Crippen LogP contribution in [0.2, 0.25) is 0 Å². The Labute approximate surface area is 97.8 Å². The molecule has 0 saturated heterocycles. The number of hydrogen-bond donors (Lipinski definition) is 2. The van der Waals surface area contributed by atoms with Gasteiger partial charge in [-0.1, -0.05) is 0 Å². The highest BCUT2D eigenvalue weighted by Gasteiger charge is 2.37. The maximum Gasteiger partial charge on any atom is 0.269 e. The van der Waals surface area contributed by atoms with Gasteiger partial charge in [-0.3, -0.25) is 10.1 Å². The molecule has 1 aliphatic rings. The summed E-state index contributed by atoms with van der Waals surface area (Å²) in [6, 6.07) is 4.35. The summed E-state index contributed by atoms with van der Waals surface area (Å²) in [7, 11) is -3.63. The number of nitrogens with zero attached hydrogens (tertiary/aromatic N) is 1. The molecule has 8 heteroatoms. The molecule has 1 saturated carbocycles. The van der Waals surface area contributed by atoms with E-state index in [-0.39, 0.29) is 22.7 Å². The summed E-state index contributed by atoms with van der Waals surface area (Å²) in [5.74, 6) is 0. The normalized spacial score (nSPS) is 23.4. The number of nitrogens with one attached hydrogen (secondary N) is 1. The minimum Gasteiger partial charge on any atom is -0.326 e. The first-order valence-corrected chi connectivity index (χ1v) is 6.41. The topological polar surface area (TPSA) is 115 Å². The molecule has 1 fully saturated rings. The molecule has 0 spiro atoms. The van der Waals surface area contributed by atoms with Crippen molar-refractivity contribution in [2.45, 2.75) is 23.4 Å². The Kier molecular flexibility index (Phi) is 2.86. The summed E-state index contributed by atoms with van der Waals surface area (Å²) in [4.78, 5) is 9.84. The Bertz CT molecular complexity index is 540. The van der Waals surface area contributed by atoms with Crippen molar-refractivity contribution in [2.24, 2.45) is 5.73 Å². The molecule has 92 valence electrons. The van der Waals surface area contributed by atoms with Gasteiger partial charge >= 0.3 is 0 Å². The van der Waals surface area contributed by atoms with Crippen LogP contribution in [0.4, 0.5) is 5.69 Å². The van der Waals surface area contributed by atoms with Gasteiger partial charge in [0.1, 0.15) is 0 Å². The van der Waals surface area contributed by atoms with Crippen LogP contribution in [0.15, 0.2) is 29.2 Å². The first-order valence-electron chi connectivity index (χ1n) is 4.92. The number of nitro groups is 1. The molecule has 0 radical (unpaired) electrons. The number of hydrogen-bond acceptors (Lipinski definition) is 5. The summed E-state index contributed by atoms with van der Waals surface area (Å²) in [6.07, 6.45) is 0.617. The average molecular weight is 257 g/mol. The van der Waals surface area contributed by atoms with Gasteiger partial charge in [0.05, 0.1) is 9.82 Å². The van der Waals surface area contributed by atoms with Crippen molar-refractivity contribution < 1.29 is 13.3 Å². The van der Waals surface area contributed by atoms with Crippen LogP contribution in [-0.4, -0.2) is 25.4 Å². The highest BCUT2D eigenvalue weighted by atomic mass is 32.2. The molecule has 0 heterocycles. The molecule has 0 aliphatic heterocycles. The van der Waals surface area contributed by atoms with Crippen LogP contribution in [0.1, 0.15) is 6.42 Å². The average Bonchev–Trinajstić information content (AvgIpc) is 2.93. The van der Waals surface area contributed by atoms with Crippen LogP contribution in [0.25, 0.3) is 0 Å². The lowest BCUT2D eigenvalue weighted by molar-refractivity contribution is -0.384. The van der Waals surface area contributed by atoms with E-state index in [1.807, 2.05) is 0 Å². The number of benzene rings is 1. The third kappa shape index (κ3) is 2.60. The molecule has 0 bridgehead atoms. The minimum atomic E-state index is -3.63. The summed E-state index contributed by atoms with van der Waals surface area (Å²) in [6.45, 7) is 0. The van der Waals surface area contributed by atoms with Crippen molar-refractivity contribution in [3.63, 3.8) is 0 Å². The lowest BCUT2D eigenvalue weighted by Gasteiger charge is -2.05. The first-order chi connectivity index (χ1) is 7.90. The van der Waals surface area contributed by atoms with Crippen LogP contribution in [0.5, 0.6) is 0 Å². The summed E-state index contributed by atoms with van der Waals surface area (Å²) in [5.41, 5.74) is 5.35. The molecule has 0 unspecified atom stereocenters. The fourth-order valence-electron chi connectivity index (χ4n) is 1.36.